The van der Waals surface area contributed by atoms with E-state index >= 15 is 0 Å². The third kappa shape index (κ3) is 5.28. The van der Waals surface area contributed by atoms with Crippen molar-refractivity contribution in [3.8, 4) is 5.75 Å². The molecule has 1 aromatic rings. The molecule has 0 aliphatic carbocycles. The summed E-state index contributed by atoms with van der Waals surface area (Å²) in [4.78, 5) is 0. The highest BCUT2D eigenvalue weighted by Gasteiger charge is 2.28. The van der Waals surface area contributed by atoms with Crippen molar-refractivity contribution in [3.05, 3.63) is 29.3 Å². The van der Waals surface area contributed by atoms with E-state index < -0.39 is 18.6 Å². The summed E-state index contributed by atoms with van der Waals surface area (Å²) >= 11 is 0. The quantitative estimate of drug-likeness (QED) is 0.883. The van der Waals surface area contributed by atoms with Gasteiger partial charge in [-0.1, -0.05) is 12.1 Å². The Hall–Kier alpha value is -0.940. The molecule has 1 atom stereocenters. The van der Waals surface area contributed by atoms with Crippen LogP contribution < -0.4 is 5.73 Å². The molecule has 0 aliphatic heterocycles. The van der Waals surface area contributed by atoms with Crippen LogP contribution >= 0.6 is 12.4 Å². The second-order valence-electron chi connectivity index (χ2n) is 3.82. The average molecular weight is 270 g/mol. The van der Waals surface area contributed by atoms with Crippen LogP contribution in [-0.4, -0.2) is 11.3 Å². The Kier molecular flexibility index (Phi) is 5.78. The third-order valence-electron chi connectivity index (χ3n) is 2.32. The molecule has 0 amide bonds. The minimum absolute atomic E-state index is 0. The molecule has 0 fully saturated rings. The van der Waals surface area contributed by atoms with E-state index in [2.05, 4.69) is 0 Å². The highest BCUT2D eigenvalue weighted by molar-refractivity contribution is 5.85. The second-order valence-corrected chi connectivity index (χ2v) is 3.82. The Morgan fingerprint density at radius 1 is 1.35 bits per heavy atom. The van der Waals surface area contributed by atoms with Crippen molar-refractivity contribution in [3.63, 3.8) is 0 Å². The lowest BCUT2D eigenvalue weighted by atomic mass is 10.0. The Morgan fingerprint density at radius 3 is 2.41 bits per heavy atom. The lowest BCUT2D eigenvalue weighted by molar-refractivity contribution is -0.136. The predicted molar refractivity (Wildman–Crippen MR) is 62.3 cm³/mol. The Bertz CT molecular complexity index is 368. The number of aryl methyl sites for hydroxylation is 1. The fourth-order valence-electron chi connectivity index (χ4n) is 1.44. The number of phenols is 1. The molecule has 0 saturated heterocycles. The molecule has 1 rings (SSSR count). The van der Waals surface area contributed by atoms with Crippen molar-refractivity contribution in [2.24, 2.45) is 5.73 Å². The van der Waals surface area contributed by atoms with Gasteiger partial charge in [0, 0.05) is 18.0 Å². The Labute approximate surface area is 104 Å². The highest BCUT2D eigenvalue weighted by atomic mass is 35.5. The van der Waals surface area contributed by atoms with E-state index in [1.54, 1.807) is 19.1 Å². The number of aromatic hydroxyl groups is 1. The summed E-state index contributed by atoms with van der Waals surface area (Å²) in [5.41, 5.74) is 6.79. The first-order chi connectivity index (χ1) is 7.29. The van der Waals surface area contributed by atoms with Crippen LogP contribution in [-0.2, 0) is 0 Å². The summed E-state index contributed by atoms with van der Waals surface area (Å²) in [5, 5.41) is 9.53. The van der Waals surface area contributed by atoms with Gasteiger partial charge in [0.15, 0.2) is 0 Å². The minimum Gasteiger partial charge on any atom is -0.508 e. The van der Waals surface area contributed by atoms with E-state index in [-0.39, 0.29) is 24.6 Å². The molecule has 3 N–H and O–H groups in total. The lowest BCUT2D eigenvalue weighted by Gasteiger charge is -2.15. The van der Waals surface area contributed by atoms with Crippen molar-refractivity contribution in [1.29, 1.82) is 0 Å². The first-order valence-corrected chi connectivity index (χ1v) is 4.91. The molecule has 0 heterocycles. The molecule has 2 nitrogen and oxygen atoms in total. The molecule has 0 aromatic heterocycles. The van der Waals surface area contributed by atoms with Crippen LogP contribution in [0.1, 0.15) is 30.0 Å². The van der Waals surface area contributed by atoms with Gasteiger partial charge < -0.3 is 10.8 Å². The van der Waals surface area contributed by atoms with E-state index in [0.717, 1.165) is 5.56 Å². The van der Waals surface area contributed by atoms with Gasteiger partial charge in [0.1, 0.15) is 5.75 Å². The zero-order valence-electron chi connectivity index (χ0n) is 9.29. The molecule has 98 valence electrons. The van der Waals surface area contributed by atoms with Crippen LogP contribution in [0.25, 0.3) is 0 Å². The average Bonchev–Trinajstić information content (AvgIpc) is 2.13. The van der Waals surface area contributed by atoms with Crippen LogP contribution in [0.5, 0.6) is 5.75 Å². The molecule has 1 aromatic carbocycles. The van der Waals surface area contributed by atoms with E-state index in [1.807, 2.05) is 0 Å². The van der Waals surface area contributed by atoms with Crippen LogP contribution in [0.15, 0.2) is 18.2 Å². The molecule has 17 heavy (non-hydrogen) atoms. The molecule has 0 saturated carbocycles. The number of halogens is 4. The van der Waals surface area contributed by atoms with Crippen molar-refractivity contribution < 1.29 is 18.3 Å². The summed E-state index contributed by atoms with van der Waals surface area (Å²) in [6.07, 6.45) is -5.38. The monoisotopic (exact) mass is 269 g/mol. The number of hydrogen-bond donors (Lipinski definition) is 2. The minimum atomic E-state index is -4.21. The van der Waals surface area contributed by atoms with Gasteiger partial charge in [-0.15, -0.1) is 12.4 Å². The molecule has 0 spiro atoms. The lowest BCUT2D eigenvalue weighted by Crippen LogP contribution is -2.15. The van der Waals surface area contributed by atoms with Crippen molar-refractivity contribution in [1.82, 2.24) is 0 Å². The second kappa shape index (κ2) is 6.12. The van der Waals surface area contributed by atoms with Gasteiger partial charge in [0.2, 0.25) is 0 Å². The zero-order valence-corrected chi connectivity index (χ0v) is 10.1. The fraction of sp³-hybridized carbons (Fsp3) is 0.455. The Morgan fingerprint density at radius 2 is 1.94 bits per heavy atom. The molecule has 0 bridgehead atoms. The maximum absolute atomic E-state index is 12.0. The summed E-state index contributed by atoms with van der Waals surface area (Å²) < 4.78 is 35.9. The van der Waals surface area contributed by atoms with Crippen LogP contribution in [0.4, 0.5) is 13.2 Å². The first kappa shape index (κ1) is 16.1. The van der Waals surface area contributed by atoms with Gasteiger partial charge >= 0.3 is 6.18 Å². The summed E-state index contributed by atoms with van der Waals surface area (Å²) in [5.74, 6) is -0.0466. The first-order valence-electron chi connectivity index (χ1n) is 4.91. The van der Waals surface area contributed by atoms with Crippen LogP contribution in [0.3, 0.4) is 0 Å². The molecule has 0 unspecified atom stereocenters. The number of rotatable bonds is 3. The third-order valence-corrected chi connectivity index (χ3v) is 2.32. The van der Waals surface area contributed by atoms with E-state index in [9.17, 15) is 18.3 Å². The summed E-state index contributed by atoms with van der Waals surface area (Å²) in [6.45, 7) is 1.78. The van der Waals surface area contributed by atoms with Gasteiger partial charge in [-0.3, -0.25) is 0 Å². The van der Waals surface area contributed by atoms with Crippen molar-refractivity contribution in [2.45, 2.75) is 32.0 Å². The van der Waals surface area contributed by atoms with Gasteiger partial charge in [-0.2, -0.15) is 13.2 Å². The van der Waals surface area contributed by atoms with Crippen molar-refractivity contribution in [2.75, 3.05) is 0 Å². The zero-order chi connectivity index (χ0) is 12.3. The summed E-state index contributed by atoms with van der Waals surface area (Å²) in [7, 11) is 0. The predicted octanol–water partition coefficient (Wildman–Crippen LogP) is 3.46. The Balaban J connectivity index is 0.00000256. The smallest absolute Gasteiger partial charge is 0.389 e. The van der Waals surface area contributed by atoms with E-state index in [4.69, 9.17) is 5.73 Å². The van der Waals surface area contributed by atoms with E-state index in [0.29, 0.717) is 5.56 Å². The number of nitrogens with two attached hydrogens (primary N) is 1. The highest BCUT2D eigenvalue weighted by Crippen LogP contribution is 2.30. The van der Waals surface area contributed by atoms with Crippen LogP contribution in [0.2, 0.25) is 0 Å². The van der Waals surface area contributed by atoms with Gasteiger partial charge in [0.25, 0.3) is 0 Å². The number of benzene rings is 1. The molecular weight excluding hydrogens is 255 g/mol. The molecule has 0 radical (unpaired) electrons. The SMILES string of the molecule is Cc1ccc([C@@H](N)CCC(F)(F)F)c(O)c1.Cl. The number of phenolic OH excluding ortho intramolecular Hbond substituents is 1. The number of hydrogen-bond acceptors (Lipinski definition) is 2. The van der Waals surface area contributed by atoms with E-state index in [1.165, 1.54) is 6.07 Å². The molecular formula is C11H15ClF3NO. The van der Waals surface area contributed by atoms with Gasteiger partial charge in [-0.25, -0.2) is 0 Å². The standard InChI is InChI=1S/C11H14F3NO.ClH/c1-7-2-3-8(10(16)6-7)9(15)4-5-11(12,13)14;/h2-3,6,9,16H,4-5,15H2,1H3;1H/t9-;/m0./s1. The van der Waals surface area contributed by atoms with Gasteiger partial charge in [-0.05, 0) is 25.0 Å². The summed E-state index contributed by atoms with van der Waals surface area (Å²) in [6, 6.07) is 3.97. The maximum Gasteiger partial charge on any atom is 0.389 e. The largest absolute Gasteiger partial charge is 0.508 e. The van der Waals surface area contributed by atoms with Gasteiger partial charge in [0.05, 0.1) is 0 Å². The maximum atomic E-state index is 12.0. The fourth-order valence-corrected chi connectivity index (χ4v) is 1.44. The van der Waals surface area contributed by atoms with Crippen molar-refractivity contribution >= 4 is 12.4 Å². The molecule has 0 aliphatic rings. The topological polar surface area (TPSA) is 46.2 Å². The normalized spacial score (nSPS) is 13.0. The molecule has 6 heteroatoms. The van der Waals surface area contributed by atoms with Crippen LogP contribution in [0, 0.1) is 6.92 Å². The number of alkyl halides is 3.